The third-order valence-corrected chi connectivity index (χ3v) is 15.8. The number of aromatic nitrogens is 1. The van der Waals surface area contributed by atoms with Gasteiger partial charge < -0.3 is 60.6 Å². The van der Waals surface area contributed by atoms with Gasteiger partial charge >= 0.3 is 5.97 Å². The Morgan fingerprint density at radius 1 is 1.00 bits per heavy atom. The van der Waals surface area contributed by atoms with E-state index in [-0.39, 0.29) is 66.7 Å². The predicted octanol–water partition coefficient (Wildman–Crippen LogP) is 6.11. The quantitative estimate of drug-likeness (QED) is 0.0398. The van der Waals surface area contributed by atoms with Crippen molar-refractivity contribution in [3.8, 4) is 28.7 Å². The van der Waals surface area contributed by atoms with E-state index in [1.165, 1.54) is 7.11 Å². The van der Waals surface area contributed by atoms with Gasteiger partial charge in [0.05, 0.1) is 37.4 Å². The second kappa shape index (κ2) is 20.7. The molecule has 10 N–H and O–H groups in total. The summed E-state index contributed by atoms with van der Waals surface area (Å²) in [6.45, 7) is 2.54. The van der Waals surface area contributed by atoms with Crippen LogP contribution in [0, 0.1) is 28.6 Å². The summed E-state index contributed by atoms with van der Waals surface area (Å²) < 4.78 is 25.1. The molecule has 15 nitrogen and oxygen atoms in total. The molecule has 0 amide bonds. The average molecular weight is 915 g/mol. The molecule has 15 heteroatoms. The zero-order valence-electron chi connectivity index (χ0n) is 38.3. The second-order valence-electron chi connectivity index (χ2n) is 19.7. The number of nitrogen functional groups attached to an aromatic ring is 1. The number of aryl methyl sites for hydroxylation is 1. The lowest BCUT2D eigenvalue weighted by Gasteiger charge is -2.61. The summed E-state index contributed by atoms with van der Waals surface area (Å²) in [5.74, 6) is -1.45. The zero-order chi connectivity index (χ0) is 46.6. The van der Waals surface area contributed by atoms with E-state index in [1.54, 1.807) is 30.5 Å². The molecule has 3 aromatic rings. The number of carbonyl (C=O) groups is 1. The number of methoxy groups -OCH3 is 1. The van der Waals surface area contributed by atoms with Crippen LogP contribution in [0.25, 0.3) is 0 Å². The number of aliphatic hydroxyl groups excluding tert-OH is 3. The first kappa shape index (κ1) is 47.8. The summed E-state index contributed by atoms with van der Waals surface area (Å²) in [6, 6.07) is 12.0. The molecule has 2 saturated carbocycles. The van der Waals surface area contributed by atoms with Gasteiger partial charge in [-0.05, 0) is 129 Å². The number of piperidine rings is 1. The number of carboxylic acids is 1. The van der Waals surface area contributed by atoms with Crippen LogP contribution >= 0.6 is 0 Å². The Balaban J connectivity index is 1.02. The maximum atomic E-state index is 13.4. The normalized spacial score (nSPS) is 30.0. The van der Waals surface area contributed by atoms with Crippen molar-refractivity contribution in [2.24, 2.45) is 28.6 Å². The van der Waals surface area contributed by atoms with Gasteiger partial charge in [-0.3, -0.25) is 10.1 Å². The largest absolute Gasteiger partial charge is 0.504 e. The fourth-order valence-electron chi connectivity index (χ4n) is 12.9. The molecule has 10 atom stereocenters. The van der Waals surface area contributed by atoms with Crippen molar-refractivity contribution in [2.75, 3.05) is 39.3 Å². The first-order valence-corrected chi connectivity index (χ1v) is 24.1. The van der Waals surface area contributed by atoms with Gasteiger partial charge in [-0.2, -0.15) is 0 Å². The average Bonchev–Trinajstić information content (AvgIpc) is 4.10. The van der Waals surface area contributed by atoms with Crippen LogP contribution in [-0.4, -0.2) is 106 Å². The number of rotatable bonds is 18. The van der Waals surface area contributed by atoms with Crippen molar-refractivity contribution in [1.82, 2.24) is 15.6 Å². The molecule has 10 unspecified atom stereocenters. The Morgan fingerprint density at radius 3 is 2.50 bits per heavy atom. The van der Waals surface area contributed by atoms with Crippen LogP contribution in [0.3, 0.4) is 0 Å². The number of aliphatic carboxylic acids is 1. The fraction of sp³-hybridized carbons (Fsp3) is 0.608. The van der Waals surface area contributed by atoms with Gasteiger partial charge in [0.25, 0.3) is 0 Å². The first-order valence-electron chi connectivity index (χ1n) is 24.1. The van der Waals surface area contributed by atoms with Gasteiger partial charge in [0.1, 0.15) is 19.2 Å². The molecular weight excluding hydrogens is 845 g/mol. The number of aromatic hydroxyl groups is 2. The van der Waals surface area contributed by atoms with Crippen LogP contribution in [0.5, 0.6) is 28.7 Å². The summed E-state index contributed by atoms with van der Waals surface area (Å²) in [6.07, 6.45) is 13.8. The number of carboxylic acid groups (broad SMARTS) is 1. The predicted molar refractivity (Wildman–Crippen MR) is 247 cm³/mol. The zero-order valence-corrected chi connectivity index (χ0v) is 38.3. The Bertz CT molecular complexity index is 2160. The highest BCUT2D eigenvalue weighted by molar-refractivity contribution is 5.76. The number of phenolic OH excluding ortho intramolecular Hbond substituents is 2. The van der Waals surface area contributed by atoms with Crippen LogP contribution in [0.2, 0.25) is 0 Å². The number of aliphatic hydroxyl groups is 3. The maximum Gasteiger partial charge on any atom is 0.311 e. The molecule has 2 saturated heterocycles. The Morgan fingerprint density at radius 2 is 1.77 bits per heavy atom. The van der Waals surface area contributed by atoms with Gasteiger partial charge in [-0.1, -0.05) is 43.9 Å². The van der Waals surface area contributed by atoms with E-state index in [0.29, 0.717) is 48.9 Å². The summed E-state index contributed by atoms with van der Waals surface area (Å²) in [4.78, 5) is 17.7. The van der Waals surface area contributed by atoms with Crippen molar-refractivity contribution in [1.29, 1.82) is 0 Å². The van der Waals surface area contributed by atoms with Crippen molar-refractivity contribution >= 4 is 11.8 Å². The number of benzene rings is 2. The van der Waals surface area contributed by atoms with E-state index >= 15 is 0 Å². The highest BCUT2D eigenvalue weighted by Crippen LogP contribution is 2.69. The Hall–Kier alpha value is -4.64. The molecule has 2 aromatic carbocycles. The standard InChI is InChI=1S/C51H70N4O11/c1-30-26-50(17-5-6-18-50)51(37(12-13-38(51)49(61)62)33-15-19-54-46(52)24-33)45(55-30)28-64-44-23-34(22-43(63-2)47(44)60)48-36(16-20-56)40(58)25-35(66-48)11-9-31-10-14-39(57)42(21-31)65-29-53-27-41(59)32-7-3-4-8-32/h10,12-15,19,21-24,30,32,35-38,40-41,45,48,53,55-60H,3-9,11,16-18,20,25-29H2,1-2H3,(H2,52,54)(H,61,62). The molecule has 4 fully saturated rings. The van der Waals surface area contributed by atoms with Crippen LogP contribution in [0.15, 0.2) is 60.8 Å². The van der Waals surface area contributed by atoms with Crippen LogP contribution in [0.1, 0.15) is 113 Å². The van der Waals surface area contributed by atoms with Gasteiger partial charge in [-0.15, -0.1) is 0 Å². The van der Waals surface area contributed by atoms with Crippen molar-refractivity contribution in [2.45, 2.75) is 133 Å². The molecule has 8 rings (SSSR count). The Labute approximate surface area is 387 Å². The summed E-state index contributed by atoms with van der Waals surface area (Å²) >= 11 is 0. The summed E-state index contributed by atoms with van der Waals surface area (Å²) in [7, 11) is 1.45. The molecule has 0 bridgehead atoms. The van der Waals surface area contributed by atoms with Gasteiger partial charge in [0, 0.05) is 48.7 Å². The van der Waals surface area contributed by atoms with Gasteiger partial charge in [0.2, 0.25) is 5.75 Å². The molecule has 5 aliphatic rings. The van der Waals surface area contributed by atoms with Crippen molar-refractivity contribution in [3.63, 3.8) is 0 Å². The highest BCUT2D eigenvalue weighted by atomic mass is 16.5. The minimum absolute atomic E-state index is 0.00907. The summed E-state index contributed by atoms with van der Waals surface area (Å²) in [5.41, 5.74) is 7.47. The van der Waals surface area contributed by atoms with Crippen LogP contribution in [-0.2, 0) is 16.0 Å². The van der Waals surface area contributed by atoms with Crippen LogP contribution in [0.4, 0.5) is 5.82 Å². The number of fused-ring (bicyclic) bond motifs is 1. The number of hydrogen-bond acceptors (Lipinski definition) is 14. The summed E-state index contributed by atoms with van der Waals surface area (Å²) in [5, 5.41) is 72.4. The molecule has 2 aliphatic heterocycles. The van der Waals surface area contributed by atoms with E-state index in [0.717, 1.165) is 68.9 Å². The molecule has 1 aromatic heterocycles. The smallest absolute Gasteiger partial charge is 0.311 e. The SMILES string of the molecule is COc1cc(C2OC(CCc3ccc(O)c(OCNCC(O)C4CCCC4)c3)CC(O)C2CCO)cc(OCC2NC(C)CC3(CCCC3)C23C(C(=O)O)C=CC3c2ccnc(N)c2)c1O. The topological polar surface area (TPSA) is 238 Å². The van der Waals surface area contributed by atoms with E-state index in [4.69, 9.17) is 24.7 Å². The number of hydrogen-bond donors (Lipinski definition) is 9. The highest BCUT2D eigenvalue weighted by Gasteiger charge is 2.68. The Kier molecular flexibility index (Phi) is 15.0. The minimum atomic E-state index is -0.898. The minimum Gasteiger partial charge on any atom is -0.504 e. The van der Waals surface area contributed by atoms with E-state index in [9.17, 15) is 35.4 Å². The molecular formula is C51H70N4O11. The molecule has 3 aliphatic carbocycles. The van der Waals surface area contributed by atoms with Crippen molar-refractivity contribution < 1.29 is 54.4 Å². The monoisotopic (exact) mass is 915 g/mol. The number of phenols is 2. The van der Waals surface area contributed by atoms with Crippen molar-refractivity contribution in [3.05, 3.63) is 77.5 Å². The third kappa shape index (κ3) is 9.57. The second-order valence-corrected chi connectivity index (χ2v) is 19.7. The number of nitrogens with one attached hydrogen (secondary N) is 2. The molecule has 66 heavy (non-hydrogen) atoms. The molecule has 0 radical (unpaired) electrons. The maximum absolute atomic E-state index is 13.4. The molecule has 360 valence electrons. The number of anilines is 1. The van der Waals surface area contributed by atoms with E-state index in [2.05, 4.69) is 22.5 Å². The number of nitrogens with zero attached hydrogens (tertiary/aromatic N) is 1. The lowest BCUT2D eigenvalue weighted by atomic mass is 9.46. The van der Waals surface area contributed by atoms with Gasteiger partial charge in [0.15, 0.2) is 23.0 Å². The number of pyridine rings is 1. The van der Waals surface area contributed by atoms with E-state index in [1.807, 2.05) is 30.4 Å². The third-order valence-electron chi connectivity index (χ3n) is 15.8. The molecule has 2 spiro atoms. The van der Waals surface area contributed by atoms with Crippen LogP contribution < -0.4 is 30.6 Å². The van der Waals surface area contributed by atoms with Gasteiger partial charge in [-0.25, -0.2) is 4.98 Å². The van der Waals surface area contributed by atoms with E-state index < -0.39 is 53.7 Å². The lowest BCUT2D eigenvalue weighted by molar-refractivity contribution is -0.158. The number of nitrogens with two attached hydrogens (primary N) is 1. The fourth-order valence-corrected chi connectivity index (χ4v) is 12.9. The first-order chi connectivity index (χ1) is 31.9. The number of allylic oxidation sites excluding steroid dienone is 1. The lowest BCUT2D eigenvalue weighted by Crippen LogP contribution is -2.68. The molecule has 3 heterocycles. The number of ether oxygens (including phenoxy) is 4.